The Labute approximate surface area is 101 Å². The monoisotopic (exact) mass is 224 g/mol. The fourth-order valence-corrected chi connectivity index (χ4v) is 3.47. The number of likely N-dealkylation sites (tertiary alicyclic amines) is 1. The molecule has 0 aromatic rings. The lowest BCUT2D eigenvalue weighted by atomic mass is 9.87. The highest BCUT2D eigenvalue weighted by atomic mass is 15.2. The van der Waals surface area contributed by atoms with Crippen LogP contribution in [0.25, 0.3) is 0 Å². The maximum Gasteiger partial charge on any atom is 0.0249 e. The SMILES string of the molecule is CCNC1CCCC1N1CCC(C)C(C)C1. The smallest absolute Gasteiger partial charge is 0.0249 e. The molecule has 1 saturated heterocycles. The lowest BCUT2D eigenvalue weighted by Gasteiger charge is -2.41. The topological polar surface area (TPSA) is 15.3 Å². The lowest BCUT2D eigenvalue weighted by molar-refractivity contribution is 0.0854. The van der Waals surface area contributed by atoms with Crippen LogP contribution in [0.4, 0.5) is 0 Å². The van der Waals surface area contributed by atoms with Crippen molar-refractivity contribution in [1.82, 2.24) is 10.2 Å². The van der Waals surface area contributed by atoms with E-state index in [0.717, 1.165) is 30.5 Å². The average molecular weight is 224 g/mol. The fraction of sp³-hybridized carbons (Fsp3) is 1.00. The van der Waals surface area contributed by atoms with Crippen molar-refractivity contribution >= 4 is 0 Å². The van der Waals surface area contributed by atoms with Gasteiger partial charge in [0.2, 0.25) is 0 Å². The van der Waals surface area contributed by atoms with E-state index in [2.05, 4.69) is 31.0 Å². The zero-order chi connectivity index (χ0) is 11.5. The maximum absolute atomic E-state index is 3.68. The van der Waals surface area contributed by atoms with Gasteiger partial charge in [-0.05, 0) is 44.2 Å². The fourth-order valence-electron chi connectivity index (χ4n) is 3.47. The molecule has 1 saturated carbocycles. The number of hydrogen-bond acceptors (Lipinski definition) is 2. The molecule has 0 amide bonds. The van der Waals surface area contributed by atoms with Gasteiger partial charge in [0.1, 0.15) is 0 Å². The normalized spacial score (nSPS) is 41.4. The summed E-state index contributed by atoms with van der Waals surface area (Å²) < 4.78 is 0. The molecular formula is C14H28N2. The zero-order valence-electron chi connectivity index (χ0n) is 11.2. The van der Waals surface area contributed by atoms with Gasteiger partial charge in [-0.2, -0.15) is 0 Å². The van der Waals surface area contributed by atoms with Crippen LogP contribution < -0.4 is 5.32 Å². The summed E-state index contributed by atoms with van der Waals surface area (Å²) in [6, 6.07) is 1.60. The van der Waals surface area contributed by atoms with E-state index in [1.807, 2.05) is 0 Å². The van der Waals surface area contributed by atoms with Crippen LogP contribution in [0.5, 0.6) is 0 Å². The summed E-state index contributed by atoms with van der Waals surface area (Å²) in [6.45, 7) is 10.9. The molecule has 2 fully saturated rings. The Morgan fingerprint density at radius 1 is 1.12 bits per heavy atom. The average Bonchev–Trinajstić information content (AvgIpc) is 2.71. The van der Waals surface area contributed by atoms with E-state index in [9.17, 15) is 0 Å². The molecule has 1 aliphatic heterocycles. The van der Waals surface area contributed by atoms with Gasteiger partial charge < -0.3 is 5.32 Å². The summed E-state index contributed by atoms with van der Waals surface area (Å²) in [5, 5.41) is 3.68. The first-order chi connectivity index (χ1) is 7.72. The largest absolute Gasteiger partial charge is 0.313 e. The number of rotatable bonds is 3. The van der Waals surface area contributed by atoms with Gasteiger partial charge in [0.15, 0.2) is 0 Å². The maximum atomic E-state index is 3.68. The highest BCUT2D eigenvalue weighted by Crippen LogP contribution is 2.30. The Morgan fingerprint density at radius 2 is 1.94 bits per heavy atom. The Kier molecular flexibility index (Phi) is 4.26. The predicted molar refractivity (Wildman–Crippen MR) is 69.6 cm³/mol. The zero-order valence-corrected chi connectivity index (χ0v) is 11.2. The van der Waals surface area contributed by atoms with Gasteiger partial charge in [0, 0.05) is 18.6 Å². The molecule has 2 nitrogen and oxygen atoms in total. The van der Waals surface area contributed by atoms with Crippen LogP contribution in [-0.2, 0) is 0 Å². The van der Waals surface area contributed by atoms with Crippen LogP contribution in [-0.4, -0.2) is 36.6 Å². The van der Waals surface area contributed by atoms with Crippen LogP contribution >= 0.6 is 0 Å². The summed E-state index contributed by atoms with van der Waals surface area (Å²) in [5.74, 6) is 1.81. The third-order valence-corrected chi connectivity index (χ3v) is 4.78. The molecule has 0 bridgehead atoms. The van der Waals surface area contributed by atoms with Crippen molar-refractivity contribution < 1.29 is 0 Å². The van der Waals surface area contributed by atoms with E-state index in [1.54, 1.807) is 0 Å². The molecule has 1 N–H and O–H groups in total. The summed E-state index contributed by atoms with van der Waals surface area (Å²) in [7, 11) is 0. The number of nitrogens with one attached hydrogen (secondary N) is 1. The van der Waals surface area contributed by atoms with Crippen molar-refractivity contribution in [3.63, 3.8) is 0 Å². The van der Waals surface area contributed by atoms with Gasteiger partial charge in [0.25, 0.3) is 0 Å². The van der Waals surface area contributed by atoms with Crippen molar-refractivity contribution in [2.45, 2.75) is 58.5 Å². The van der Waals surface area contributed by atoms with Crippen molar-refractivity contribution in [2.75, 3.05) is 19.6 Å². The summed E-state index contributed by atoms with van der Waals surface area (Å²) in [4.78, 5) is 2.77. The van der Waals surface area contributed by atoms with Crippen molar-refractivity contribution in [3.05, 3.63) is 0 Å². The molecule has 16 heavy (non-hydrogen) atoms. The standard InChI is InChI=1S/C14H28N2/c1-4-15-13-6-5-7-14(13)16-9-8-11(2)12(3)10-16/h11-15H,4-10H2,1-3H3. The number of nitrogens with zero attached hydrogens (tertiary/aromatic N) is 1. The number of piperidine rings is 1. The molecule has 0 aromatic carbocycles. The first kappa shape index (κ1) is 12.4. The van der Waals surface area contributed by atoms with E-state index < -0.39 is 0 Å². The van der Waals surface area contributed by atoms with Crippen LogP contribution in [0.3, 0.4) is 0 Å². The predicted octanol–water partition coefficient (Wildman–Crippen LogP) is 2.49. The molecule has 0 radical (unpaired) electrons. The van der Waals surface area contributed by atoms with Crippen molar-refractivity contribution in [3.8, 4) is 0 Å². The van der Waals surface area contributed by atoms with Gasteiger partial charge in [-0.25, -0.2) is 0 Å². The highest BCUT2D eigenvalue weighted by Gasteiger charge is 2.34. The van der Waals surface area contributed by atoms with E-state index in [-0.39, 0.29) is 0 Å². The van der Waals surface area contributed by atoms with Gasteiger partial charge in [-0.1, -0.05) is 27.2 Å². The molecule has 1 heterocycles. The van der Waals surface area contributed by atoms with Gasteiger partial charge in [-0.3, -0.25) is 4.90 Å². The minimum atomic E-state index is 0.769. The Bertz CT molecular complexity index is 217. The van der Waals surface area contributed by atoms with Gasteiger partial charge >= 0.3 is 0 Å². The Hall–Kier alpha value is -0.0800. The van der Waals surface area contributed by atoms with Crippen molar-refractivity contribution in [1.29, 1.82) is 0 Å². The Morgan fingerprint density at radius 3 is 2.62 bits per heavy atom. The second kappa shape index (κ2) is 5.50. The van der Waals surface area contributed by atoms with E-state index in [4.69, 9.17) is 0 Å². The molecule has 2 heteroatoms. The third kappa shape index (κ3) is 2.60. The molecular weight excluding hydrogens is 196 g/mol. The van der Waals surface area contributed by atoms with E-state index in [1.165, 1.54) is 38.8 Å². The summed E-state index contributed by atoms with van der Waals surface area (Å²) in [5.41, 5.74) is 0. The second-order valence-electron chi connectivity index (χ2n) is 5.90. The first-order valence-electron chi connectivity index (χ1n) is 7.19. The van der Waals surface area contributed by atoms with E-state index >= 15 is 0 Å². The molecule has 0 aromatic heterocycles. The number of likely N-dealkylation sites (N-methyl/N-ethyl adjacent to an activating group) is 1. The highest BCUT2D eigenvalue weighted by molar-refractivity contribution is 4.92. The summed E-state index contributed by atoms with van der Waals surface area (Å²) in [6.07, 6.45) is 5.62. The van der Waals surface area contributed by atoms with Crippen LogP contribution in [0, 0.1) is 11.8 Å². The molecule has 94 valence electrons. The third-order valence-electron chi connectivity index (χ3n) is 4.78. The molecule has 0 spiro atoms. The van der Waals surface area contributed by atoms with E-state index in [0.29, 0.717) is 0 Å². The van der Waals surface area contributed by atoms with Crippen LogP contribution in [0.15, 0.2) is 0 Å². The molecule has 2 aliphatic rings. The van der Waals surface area contributed by atoms with Crippen molar-refractivity contribution in [2.24, 2.45) is 11.8 Å². The minimum absolute atomic E-state index is 0.769. The molecule has 4 atom stereocenters. The number of hydrogen-bond donors (Lipinski definition) is 1. The molecule has 1 aliphatic carbocycles. The molecule has 2 rings (SSSR count). The quantitative estimate of drug-likeness (QED) is 0.792. The first-order valence-corrected chi connectivity index (χ1v) is 7.19. The summed E-state index contributed by atoms with van der Waals surface area (Å²) >= 11 is 0. The van der Waals surface area contributed by atoms with Gasteiger partial charge in [-0.15, -0.1) is 0 Å². The van der Waals surface area contributed by atoms with Crippen LogP contribution in [0.2, 0.25) is 0 Å². The van der Waals surface area contributed by atoms with Crippen LogP contribution in [0.1, 0.15) is 46.5 Å². The molecule has 4 unspecified atom stereocenters. The minimum Gasteiger partial charge on any atom is -0.313 e. The van der Waals surface area contributed by atoms with Gasteiger partial charge in [0.05, 0.1) is 0 Å². The second-order valence-corrected chi connectivity index (χ2v) is 5.90. The Balaban J connectivity index is 1.91. The lowest BCUT2D eigenvalue weighted by Crippen LogP contribution is -2.51.